The van der Waals surface area contributed by atoms with Crippen molar-refractivity contribution in [1.82, 2.24) is 25.1 Å². The van der Waals surface area contributed by atoms with E-state index >= 15 is 0 Å². The van der Waals surface area contributed by atoms with Gasteiger partial charge >= 0.3 is 0 Å². The molecule has 11 heteroatoms. The van der Waals surface area contributed by atoms with Crippen molar-refractivity contribution in [2.24, 2.45) is 0 Å². The normalized spacial score (nSPS) is 12.9. The smallest absolute Gasteiger partial charge is 0.270 e. The van der Waals surface area contributed by atoms with Gasteiger partial charge in [0, 0.05) is 41.9 Å². The molecule has 1 aromatic carbocycles. The molecule has 5 rings (SSSR count). The molecule has 0 atom stereocenters. The fourth-order valence-corrected chi connectivity index (χ4v) is 4.54. The number of nitrogens with zero attached hydrogens (tertiary/aromatic N) is 6. The van der Waals surface area contributed by atoms with Crippen LogP contribution in [0.2, 0.25) is 0 Å². The molecule has 9 nitrogen and oxygen atoms in total. The summed E-state index contributed by atoms with van der Waals surface area (Å²) < 4.78 is 29.2. The second kappa shape index (κ2) is 9.97. The number of amides is 1. The minimum Gasteiger partial charge on any atom is -0.369 e. The largest absolute Gasteiger partial charge is 0.369 e. The van der Waals surface area contributed by atoms with Crippen molar-refractivity contribution >= 4 is 17.5 Å². The number of hydrogen-bond donors (Lipinski definition) is 2. The Morgan fingerprint density at radius 1 is 1.21 bits per heavy atom. The summed E-state index contributed by atoms with van der Waals surface area (Å²) in [6, 6.07) is 12.3. The van der Waals surface area contributed by atoms with Gasteiger partial charge in [-0.15, -0.1) is 0 Å². The van der Waals surface area contributed by atoms with Gasteiger partial charge < -0.3 is 5.32 Å². The van der Waals surface area contributed by atoms with Crippen LogP contribution in [0.4, 0.5) is 20.4 Å². The van der Waals surface area contributed by atoms with Crippen molar-refractivity contribution in [2.45, 2.75) is 39.2 Å². The summed E-state index contributed by atoms with van der Waals surface area (Å²) in [5.74, 6) is -2.30. The van der Waals surface area contributed by atoms with Gasteiger partial charge in [-0.25, -0.2) is 18.7 Å². The highest BCUT2D eigenvalue weighted by molar-refractivity contribution is 6.10. The molecule has 0 saturated carbocycles. The van der Waals surface area contributed by atoms with Crippen LogP contribution in [0, 0.1) is 11.3 Å². The van der Waals surface area contributed by atoms with Crippen LogP contribution in [0.3, 0.4) is 0 Å². The maximum atomic E-state index is 14.6. The minimum absolute atomic E-state index is 0.0395. The molecular weight excluding hydrogens is 490 g/mol. The van der Waals surface area contributed by atoms with E-state index in [0.717, 1.165) is 6.92 Å². The van der Waals surface area contributed by atoms with Crippen molar-refractivity contribution in [3.63, 3.8) is 0 Å². The molecule has 192 valence electrons. The number of carbonyl (C=O) groups excluding carboxylic acids is 1. The van der Waals surface area contributed by atoms with Crippen LogP contribution in [0.25, 0.3) is 22.6 Å². The van der Waals surface area contributed by atoms with E-state index in [1.54, 1.807) is 30.5 Å². The highest BCUT2D eigenvalue weighted by Gasteiger charge is 2.38. The number of halogens is 2. The van der Waals surface area contributed by atoms with Crippen molar-refractivity contribution in [2.75, 3.05) is 16.8 Å². The topological polar surface area (TPSA) is 123 Å². The molecule has 1 aliphatic rings. The number of alkyl halides is 2. The number of rotatable bonds is 8. The number of anilines is 2. The number of nitrogens with one attached hydrogen (secondary N) is 2. The maximum Gasteiger partial charge on any atom is 0.270 e. The van der Waals surface area contributed by atoms with Gasteiger partial charge in [0.15, 0.2) is 5.82 Å². The summed E-state index contributed by atoms with van der Waals surface area (Å²) in [5, 5.41) is 18.8. The Kier molecular flexibility index (Phi) is 6.55. The van der Waals surface area contributed by atoms with E-state index in [1.807, 2.05) is 13.0 Å². The molecule has 4 aromatic rings. The van der Waals surface area contributed by atoms with Crippen molar-refractivity contribution in [3.05, 3.63) is 71.2 Å². The van der Waals surface area contributed by atoms with E-state index in [2.05, 4.69) is 36.5 Å². The quantitative estimate of drug-likeness (QED) is 0.314. The Morgan fingerprint density at radius 3 is 2.76 bits per heavy atom. The summed E-state index contributed by atoms with van der Waals surface area (Å²) in [6.45, 7) is 3.00. The molecule has 4 heterocycles. The highest BCUT2D eigenvalue weighted by atomic mass is 19.3. The van der Waals surface area contributed by atoms with Crippen LogP contribution in [0.1, 0.15) is 47.3 Å². The first-order chi connectivity index (χ1) is 18.3. The number of H-pyrrole nitrogens is 1. The number of fused-ring (bicyclic) bond motifs is 1. The number of nitriles is 1. The highest BCUT2D eigenvalue weighted by Crippen LogP contribution is 2.39. The van der Waals surface area contributed by atoms with Gasteiger partial charge in [-0.05, 0) is 53.9 Å². The predicted molar refractivity (Wildman–Crippen MR) is 137 cm³/mol. The molecule has 0 radical (unpaired) electrons. The van der Waals surface area contributed by atoms with E-state index in [1.165, 1.54) is 17.3 Å². The first kappa shape index (κ1) is 25.0. The Labute approximate surface area is 217 Å². The van der Waals surface area contributed by atoms with Crippen LogP contribution in [-0.2, 0) is 18.9 Å². The molecule has 0 spiro atoms. The first-order valence-corrected chi connectivity index (χ1v) is 12.1. The molecular formula is C27H24F2N8O. The van der Waals surface area contributed by atoms with Crippen molar-refractivity contribution in [3.8, 4) is 28.7 Å². The number of benzene rings is 1. The number of aromatic nitrogens is 5. The van der Waals surface area contributed by atoms with Crippen molar-refractivity contribution in [1.29, 1.82) is 5.26 Å². The fraction of sp³-hybridized carbons (Fsp3) is 0.259. The van der Waals surface area contributed by atoms with E-state index in [0.29, 0.717) is 52.6 Å². The van der Waals surface area contributed by atoms with Gasteiger partial charge in [0.2, 0.25) is 0 Å². The van der Waals surface area contributed by atoms with Crippen LogP contribution in [-0.4, -0.2) is 37.6 Å². The first-order valence-electron chi connectivity index (χ1n) is 12.1. The second-order valence-electron chi connectivity index (χ2n) is 8.97. The third kappa shape index (κ3) is 4.68. The molecule has 0 saturated heterocycles. The predicted octanol–water partition coefficient (Wildman–Crippen LogP) is 5.09. The van der Waals surface area contributed by atoms with E-state index in [-0.39, 0.29) is 29.9 Å². The van der Waals surface area contributed by atoms with Gasteiger partial charge in [-0.2, -0.15) is 10.4 Å². The lowest BCUT2D eigenvalue weighted by Crippen LogP contribution is -2.24. The molecule has 3 aromatic heterocycles. The number of hydrogen-bond acceptors (Lipinski definition) is 7. The van der Waals surface area contributed by atoms with Gasteiger partial charge in [-0.3, -0.25) is 19.8 Å². The van der Waals surface area contributed by atoms with Crippen LogP contribution >= 0.6 is 0 Å². The summed E-state index contributed by atoms with van der Waals surface area (Å²) in [7, 11) is 0. The Hall–Kier alpha value is -4.72. The van der Waals surface area contributed by atoms with Gasteiger partial charge in [0.1, 0.15) is 18.0 Å². The third-order valence-electron chi connectivity index (χ3n) is 6.37. The molecule has 38 heavy (non-hydrogen) atoms. The zero-order chi connectivity index (χ0) is 26.9. The van der Waals surface area contributed by atoms with E-state index in [9.17, 15) is 13.6 Å². The lowest BCUT2D eigenvalue weighted by molar-refractivity contribution is 0.0165. The fourth-order valence-electron chi connectivity index (χ4n) is 4.54. The second-order valence-corrected chi connectivity index (χ2v) is 8.97. The average Bonchev–Trinajstić information content (AvgIpc) is 3.56. The van der Waals surface area contributed by atoms with E-state index in [4.69, 9.17) is 5.26 Å². The van der Waals surface area contributed by atoms with Crippen molar-refractivity contribution < 1.29 is 13.6 Å². The molecule has 0 aliphatic carbocycles. The van der Waals surface area contributed by atoms with Crippen LogP contribution in [0.5, 0.6) is 0 Å². The number of pyridine rings is 2. The molecule has 0 bridgehead atoms. The summed E-state index contributed by atoms with van der Waals surface area (Å²) >= 11 is 0. The van der Waals surface area contributed by atoms with Gasteiger partial charge in [-0.1, -0.05) is 6.92 Å². The summed E-state index contributed by atoms with van der Waals surface area (Å²) in [6.07, 6.45) is 3.80. The number of carbonyl (C=O) groups is 1. The molecule has 2 N–H and O–H groups in total. The maximum absolute atomic E-state index is 14.6. The lowest BCUT2D eigenvalue weighted by atomic mass is 9.95. The summed E-state index contributed by atoms with van der Waals surface area (Å²) in [5.41, 5.74) is 2.94. The minimum atomic E-state index is -3.11. The van der Waals surface area contributed by atoms with Gasteiger partial charge in [0.05, 0.1) is 24.7 Å². The third-order valence-corrected chi connectivity index (χ3v) is 6.37. The Morgan fingerprint density at radius 2 is 2.05 bits per heavy atom. The zero-order valence-corrected chi connectivity index (χ0v) is 20.8. The Bertz CT molecular complexity index is 1540. The number of aromatic amines is 1. The summed E-state index contributed by atoms with van der Waals surface area (Å²) in [4.78, 5) is 28.3. The lowest BCUT2D eigenvalue weighted by Gasteiger charge is -2.19. The zero-order valence-electron chi connectivity index (χ0n) is 20.8. The molecule has 1 aliphatic heterocycles. The van der Waals surface area contributed by atoms with Crippen LogP contribution in [0.15, 0.2) is 48.9 Å². The monoisotopic (exact) mass is 514 g/mol. The van der Waals surface area contributed by atoms with Crippen LogP contribution < -0.4 is 10.2 Å². The number of aryl methyl sites for hydroxylation is 1. The van der Waals surface area contributed by atoms with Gasteiger partial charge in [0.25, 0.3) is 11.8 Å². The average molecular weight is 515 g/mol. The molecule has 0 unspecified atom stereocenters. The standard InChI is InChI=1S/C27H24F2N8O/c1-3-16-10-19-20(21(11-16)27(2,28)29)14-37(26(19)38)23-13-17(12-22(35-23)31-9-5-7-30)24-18(6-4-8-32-24)25-33-15-34-36-25/h4,6,8,10-13,15H,3,5,9,14H2,1-2H3,(H,31,35)(H,33,34,36). The molecule has 0 fully saturated rings. The van der Waals surface area contributed by atoms with E-state index < -0.39 is 11.8 Å². The molecule has 1 amide bonds. The Balaban J connectivity index is 1.62. The SMILES string of the molecule is CCc1cc2c(c(C(C)(F)F)c1)CN(c1cc(-c3ncccc3-c3ncn[nH]3)cc(NCCC#N)n1)C2=O.